The molecule has 6 aromatic rings. The Morgan fingerprint density at radius 3 is 2.44 bits per heavy atom. The van der Waals surface area contributed by atoms with Gasteiger partial charge in [0.2, 0.25) is 5.89 Å². The van der Waals surface area contributed by atoms with Gasteiger partial charge in [-0.2, -0.15) is 0 Å². The van der Waals surface area contributed by atoms with Gasteiger partial charge in [-0.3, -0.25) is 0 Å². The summed E-state index contributed by atoms with van der Waals surface area (Å²) in [6, 6.07) is 10.3. The Balaban J connectivity index is 1.21. The summed E-state index contributed by atoms with van der Waals surface area (Å²) >= 11 is 0. The summed E-state index contributed by atoms with van der Waals surface area (Å²) in [5.74, 6) is -0.644. The van der Waals surface area contributed by atoms with Crippen LogP contribution in [0.15, 0.2) is 71.7 Å². The van der Waals surface area contributed by atoms with Gasteiger partial charge in [0.25, 0.3) is 0 Å². The predicted molar refractivity (Wildman–Crippen MR) is 143 cm³/mol. The van der Waals surface area contributed by atoms with Crippen molar-refractivity contribution in [3.8, 4) is 22.9 Å². The Labute approximate surface area is 231 Å². The fraction of sp³-hybridized carbons (Fsp3) is 0.103. The summed E-state index contributed by atoms with van der Waals surface area (Å²) in [6.07, 6.45) is 8.96. The molecular weight excluding hydrogens is 537 g/mol. The molecule has 0 aliphatic rings. The molecule has 41 heavy (non-hydrogen) atoms. The number of imidazole rings is 2. The maximum absolute atomic E-state index is 13.9. The van der Waals surface area contributed by atoms with Gasteiger partial charge < -0.3 is 23.4 Å². The molecule has 9 nitrogen and oxygen atoms in total. The van der Waals surface area contributed by atoms with E-state index in [1.165, 1.54) is 12.3 Å². The Hall–Kier alpha value is -5.39. The second kappa shape index (κ2) is 11.0. The highest BCUT2D eigenvalue weighted by atomic mass is 19.1. The number of hydrogen-bond acceptors (Lipinski definition) is 7. The van der Waals surface area contributed by atoms with Crippen LogP contribution in [-0.2, 0) is 20.3 Å². The van der Waals surface area contributed by atoms with Crippen molar-refractivity contribution in [1.82, 2.24) is 29.5 Å². The fourth-order valence-electron chi connectivity index (χ4n) is 4.03. The van der Waals surface area contributed by atoms with Crippen LogP contribution < -0.4 is 9.47 Å². The van der Waals surface area contributed by atoms with E-state index >= 15 is 0 Å². The standard InChI is InChI=1S/C29H21F3N6O3/c1-38-8-7-33-26(38)16-40-21-10-17(28-36-25-3-2-6-34-29(25)37-28)9-20(13-21)39-14-19-15-41-27(35-19)5-4-22-23(31)11-18(30)12-24(22)32/h2-13,15H,14,16H2,1H3,(H,34,36,37). The van der Waals surface area contributed by atoms with Crippen LogP contribution >= 0.6 is 0 Å². The van der Waals surface area contributed by atoms with E-state index < -0.39 is 23.0 Å². The Kier molecular flexibility index (Phi) is 6.94. The number of halogens is 3. The Bertz CT molecular complexity index is 1820. The first-order valence-electron chi connectivity index (χ1n) is 12.4. The number of nitrogens with one attached hydrogen (secondary N) is 1. The SMILES string of the molecule is Cn1ccnc1COc1cc(OCc2coc(C=Cc3c(F)cc(F)cc3F)n2)cc(-c2nc3ncccc3[nH]2)c1. The van der Waals surface area contributed by atoms with E-state index in [-0.39, 0.29) is 19.1 Å². The molecule has 4 aromatic heterocycles. The highest BCUT2D eigenvalue weighted by Crippen LogP contribution is 2.30. The normalized spacial score (nSPS) is 11.5. The summed E-state index contributed by atoms with van der Waals surface area (Å²) in [7, 11) is 1.88. The van der Waals surface area contributed by atoms with Crippen LogP contribution in [0.3, 0.4) is 0 Å². The van der Waals surface area contributed by atoms with Gasteiger partial charge >= 0.3 is 0 Å². The number of H-pyrrole nitrogens is 1. The maximum atomic E-state index is 13.9. The molecule has 0 unspecified atom stereocenters. The first-order valence-corrected chi connectivity index (χ1v) is 12.4. The number of oxazole rings is 1. The molecule has 0 saturated heterocycles. The lowest BCUT2D eigenvalue weighted by molar-refractivity contribution is 0.280. The third kappa shape index (κ3) is 5.81. The number of aromatic amines is 1. The molecule has 206 valence electrons. The van der Waals surface area contributed by atoms with Gasteiger partial charge in [0.1, 0.15) is 65.8 Å². The third-order valence-corrected chi connectivity index (χ3v) is 6.09. The summed E-state index contributed by atoms with van der Waals surface area (Å²) in [5, 5.41) is 0. The van der Waals surface area contributed by atoms with E-state index in [2.05, 4.69) is 24.9 Å². The predicted octanol–water partition coefficient (Wildman–Crippen LogP) is 6.09. The molecule has 0 bridgehead atoms. The van der Waals surface area contributed by atoms with E-state index in [4.69, 9.17) is 13.9 Å². The van der Waals surface area contributed by atoms with Crippen LogP contribution in [0.25, 0.3) is 34.7 Å². The zero-order valence-corrected chi connectivity index (χ0v) is 21.5. The van der Waals surface area contributed by atoms with E-state index in [1.54, 1.807) is 24.5 Å². The van der Waals surface area contributed by atoms with Crippen molar-refractivity contribution in [2.45, 2.75) is 13.2 Å². The summed E-state index contributed by atoms with van der Waals surface area (Å²) < 4.78 is 60.2. The number of benzene rings is 2. The van der Waals surface area contributed by atoms with Crippen LogP contribution in [0, 0.1) is 17.5 Å². The molecular formula is C29H21F3N6O3. The Morgan fingerprint density at radius 2 is 1.71 bits per heavy atom. The van der Waals surface area contributed by atoms with Crippen LogP contribution in [0.1, 0.15) is 23.0 Å². The van der Waals surface area contributed by atoms with Gasteiger partial charge in [-0.05, 0) is 30.3 Å². The minimum atomic E-state index is -1.03. The zero-order chi connectivity index (χ0) is 28.3. The van der Waals surface area contributed by atoms with Crippen molar-refractivity contribution in [1.29, 1.82) is 0 Å². The zero-order valence-electron chi connectivity index (χ0n) is 21.5. The monoisotopic (exact) mass is 558 g/mol. The highest BCUT2D eigenvalue weighted by Gasteiger charge is 2.13. The third-order valence-electron chi connectivity index (χ3n) is 6.09. The summed E-state index contributed by atoms with van der Waals surface area (Å²) in [6.45, 7) is 0.267. The molecule has 0 radical (unpaired) electrons. The number of ether oxygens (including phenoxy) is 2. The molecule has 12 heteroatoms. The number of rotatable bonds is 9. The van der Waals surface area contributed by atoms with E-state index in [1.807, 2.05) is 36.0 Å². The van der Waals surface area contributed by atoms with Crippen molar-refractivity contribution >= 4 is 23.3 Å². The molecule has 0 atom stereocenters. The van der Waals surface area contributed by atoms with E-state index in [0.717, 1.165) is 17.4 Å². The molecule has 0 aliphatic carbocycles. The van der Waals surface area contributed by atoms with Gasteiger partial charge in [0, 0.05) is 61.0 Å². The van der Waals surface area contributed by atoms with Crippen molar-refractivity contribution in [3.05, 3.63) is 108 Å². The van der Waals surface area contributed by atoms with Crippen LogP contribution in [0.4, 0.5) is 13.2 Å². The van der Waals surface area contributed by atoms with Gasteiger partial charge in [-0.1, -0.05) is 0 Å². The molecule has 4 heterocycles. The lowest BCUT2D eigenvalue weighted by atomic mass is 10.2. The minimum absolute atomic E-state index is 0.0283. The number of fused-ring (bicyclic) bond motifs is 1. The van der Waals surface area contributed by atoms with E-state index in [9.17, 15) is 13.2 Å². The van der Waals surface area contributed by atoms with Crippen molar-refractivity contribution in [2.75, 3.05) is 0 Å². The van der Waals surface area contributed by atoms with Crippen molar-refractivity contribution in [3.63, 3.8) is 0 Å². The van der Waals surface area contributed by atoms with Crippen molar-refractivity contribution in [2.24, 2.45) is 7.05 Å². The number of aryl methyl sites for hydroxylation is 1. The fourth-order valence-corrected chi connectivity index (χ4v) is 4.03. The van der Waals surface area contributed by atoms with Gasteiger partial charge in [-0.25, -0.2) is 33.1 Å². The number of aromatic nitrogens is 6. The molecule has 0 spiro atoms. The first-order chi connectivity index (χ1) is 19.9. The van der Waals surface area contributed by atoms with Gasteiger partial charge in [-0.15, -0.1) is 0 Å². The number of pyridine rings is 1. The van der Waals surface area contributed by atoms with Crippen LogP contribution in [0.5, 0.6) is 11.5 Å². The largest absolute Gasteiger partial charge is 0.487 e. The average molecular weight is 559 g/mol. The number of nitrogens with zero attached hydrogens (tertiary/aromatic N) is 5. The quantitative estimate of drug-likeness (QED) is 0.229. The van der Waals surface area contributed by atoms with Crippen molar-refractivity contribution < 1.29 is 27.1 Å². The van der Waals surface area contributed by atoms with E-state index in [0.29, 0.717) is 46.4 Å². The van der Waals surface area contributed by atoms with Crippen LogP contribution in [-0.4, -0.2) is 29.5 Å². The molecule has 0 saturated carbocycles. The summed E-state index contributed by atoms with van der Waals surface area (Å²) in [5.41, 5.74) is 2.10. The molecule has 1 N–H and O–H groups in total. The van der Waals surface area contributed by atoms with Crippen LogP contribution in [0.2, 0.25) is 0 Å². The second-order valence-electron chi connectivity index (χ2n) is 8.98. The Morgan fingerprint density at radius 1 is 0.927 bits per heavy atom. The molecule has 0 amide bonds. The summed E-state index contributed by atoms with van der Waals surface area (Å²) in [4.78, 5) is 20.6. The second-order valence-corrected chi connectivity index (χ2v) is 8.98. The minimum Gasteiger partial charge on any atom is -0.487 e. The topological polar surface area (TPSA) is 104 Å². The molecule has 0 fully saturated rings. The smallest absolute Gasteiger partial charge is 0.218 e. The molecule has 6 rings (SSSR count). The first kappa shape index (κ1) is 25.9. The lowest BCUT2D eigenvalue weighted by Gasteiger charge is -2.11. The van der Waals surface area contributed by atoms with Gasteiger partial charge in [0.05, 0.1) is 5.52 Å². The lowest BCUT2D eigenvalue weighted by Crippen LogP contribution is -2.03. The maximum Gasteiger partial charge on any atom is 0.218 e. The molecule has 0 aliphatic heterocycles. The average Bonchev–Trinajstić information content (AvgIpc) is 3.70. The van der Waals surface area contributed by atoms with Gasteiger partial charge in [0.15, 0.2) is 5.65 Å². The number of hydrogen-bond donors (Lipinski definition) is 1. The highest BCUT2D eigenvalue weighted by molar-refractivity contribution is 5.76. The molecule has 2 aromatic carbocycles.